The van der Waals surface area contributed by atoms with E-state index < -0.39 is 32.4 Å². The van der Waals surface area contributed by atoms with Gasteiger partial charge >= 0.3 is 5.97 Å². The number of hydrogen-bond donors (Lipinski definition) is 1. The largest absolute Gasteiger partial charge is 0.466 e. The standard InChI is InChI=1S/C27H29FN4O6S/c1-3-38-27(34)25-17-6-7-18(12-17)26(25)31(15-16-4-8-19(28)9-5-16)24(33)14-23-29-21-11-10-20(32(35)36)13-22(21)39(2,37)30-23/h4-5,8-11,13,17-18,25-26H,2-3,6-7,12,14-15H2,1H3,(H,29,30,37)/t17-,18+,25+,26-,39?/m0/s1. The van der Waals surface area contributed by atoms with Gasteiger partial charge in [0.2, 0.25) is 5.91 Å². The molecule has 0 spiro atoms. The van der Waals surface area contributed by atoms with Crippen molar-refractivity contribution in [2.45, 2.75) is 50.1 Å². The fourth-order valence-corrected chi connectivity index (χ4v) is 7.48. The number of esters is 1. The number of carbonyl (C=O) groups excluding carboxylic acids is 2. The number of rotatable bonds is 8. The maximum atomic E-state index is 13.9. The van der Waals surface area contributed by atoms with Crippen LogP contribution < -0.4 is 5.32 Å². The summed E-state index contributed by atoms with van der Waals surface area (Å²) in [5.74, 6) is 2.49. The van der Waals surface area contributed by atoms with Gasteiger partial charge in [-0.25, -0.2) is 8.60 Å². The summed E-state index contributed by atoms with van der Waals surface area (Å²) < 4.78 is 36.4. The number of nitrogens with one attached hydrogen (secondary N) is 1. The smallest absolute Gasteiger partial charge is 0.311 e. The lowest BCUT2D eigenvalue weighted by Gasteiger charge is -2.39. The summed E-state index contributed by atoms with van der Waals surface area (Å²) in [6, 6.07) is 9.30. The number of nitrogens with zero attached hydrogens (tertiary/aromatic N) is 3. The minimum absolute atomic E-state index is 0.0894. The first kappa shape index (κ1) is 26.8. The first-order valence-electron chi connectivity index (χ1n) is 12.8. The highest BCUT2D eigenvalue weighted by Gasteiger charge is 2.54. The third kappa shape index (κ3) is 5.25. The maximum Gasteiger partial charge on any atom is 0.311 e. The van der Waals surface area contributed by atoms with Crippen molar-refractivity contribution in [2.24, 2.45) is 22.2 Å². The van der Waals surface area contributed by atoms with Gasteiger partial charge < -0.3 is 15.0 Å². The Hall–Kier alpha value is -3.80. The number of anilines is 1. The summed E-state index contributed by atoms with van der Waals surface area (Å²) in [5, 5.41) is 14.2. The number of benzene rings is 2. The Balaban J connectivity index is 1.45. The minimum Gasteiger partial charge on any atom is -0.466 e. The molecule has 2 fully saturated rings. The van der Waals surface area contributed by atoms with Gasteiger partial charge in [0, 0.05) is 24.7 Å². The van der Waals surface area contributed by atoms with Crippen LogP contribution in [0, 0.1) is 33.7 Å². The van der Waals surface area contributed by atoms with E-state index in [2.05, 4.69) is 15.6 Å². The fraction of sp³-hybridized carbons (Fsp3) is 0.407. The van der Waals surface area contributed by atoms with E-state index in [9.17, 15) is 28.3 Å². The van der Waals surface area contributed by atoms with E-state index in [0.717, 1.165) is 19.3 Å². The molecule has 5 rings (SSSR count). The van der Waals surface area contributed by atoms with Crippen LogP contribution in [-0.2, 0) is 30.6 Å². The summed E-state index contributed by atoms with van der Waals surface area (Å²) in [5.41, 5.74) is 0.786. The molecule has 1 heterocycles. The van der Waals surface area contributed by atoms with Gasteiger partial charge in [-0.1, -0.05) is 12.1 Å². The zero-order valence-corrected chi connectivity index (χ0v) is 22.2. The molecule has 0 aromatic heterocycles. The highest BCUT2D eigenvalue weighted by atomic mass is 32.2. The lowest BCUT2D eigenvalue weighted by Crippen LogP contribution is -2.50. The number of amidine groups is 1. The Labute approximate surface area is 225 Å². The van der Waals surface area contributed by atoms with Crippen molar-refractivity contribution in [3.8, 4) is 0 Å². The number of fused-ring (bicyclic) bond motifs is 3. The van der Waals surface area contributed by atoms with Crippen molar-refractivity contribution < 1.29 is 27.8 Å². The third-order valence-corrected chi connectivity index (χ3v) is 9.29. The molecule has 2 saturated carbocycles. The van der Waals surface area contributed by atoms with Crippen LogP contribution in [0.25, 0.3) is 0 Å². The summed E-state index contributed by atoms with van der Waals surface area (Å²) in [7, 11) is -3.31. The van der Waals surface area contributed by atoms with Gasteiger partial charge in [0.15, 0.2) is 0 Å². The third-order valence-electron chi connectivity index (χ3n) is 7.75. The number of nitro groups is 1. The Morgan fingerprint density at radius 1 is 1.23 bits per heavy atom. The van der Waals surface area contributed by atoms with Crippen LogP contribution in [0.5, 0.6) is 0 Å². The van der Waals surface area contributed by atoms with E-state index in [-0.39, 0.29) is 59.7 Å². The molecule has 0 saturated heterocycles. The van der Waals surface area contributed by atoms with Crippen molar-refractivity contribution in [1.29, 1.82) is 0 Å². The van der Waals surface area contributed by atoms with Crippen molar-refractivity contribution in [1.82, 2.24) is 4.90 Å². The topological polar surface area (TPSA) is 131 Å². The van der Waals surface area contributed by atoms with Crippen LogP contribution in [0.4, 0.5) is 15.8 Å². The molecule has 2 aromatic carbocycles. The van der Waals surface area contributed by atoms with Crippen molar-refractivity contribution >= 4 is 44.7 Å². The highest BCUT2D eigenvalue weighted by Crippen LogP contribution is 2.51. The molecule has 1 aliphatic heterocycles. The molecular weight excluding hydrogens is 527 g/mol. The highest BCUT2D eigenvalue weighted by molar-refractivity contribution is 7.99. The normalized spacial score (nSPS) is 26.8. The molecule has 39 heavy (non-hydrogen) atoms. The molecule has 206 valence electrons. The van der Waals surface area contributed by atoms with Crippen LogP contribution >= 0.6 is 0 Å². The number of carbonyl (C=O) groups is 2. The van der Waals surface area contributed by atoms with Crippen LogP contribution in [0.15, 0.2) is 51.8 Å². The molecule has 0 radical (unpaired) electrons. The summed E-state index contributed by atoms with van der Waals surface area (Å²) in [4.78, 5) is 39.3. The fourth-order valence-electron chi connectivity index (χ4n) is 6.14. The van der Waals surface area contributed by atoms with E-state index in [0.29, 0.717) is 11.3 Å². The van der Waals surface area contributed by atoms with E-state index in [1.54, 1.807) is 24.0 Å². The quantitative estimate of drug-likeness (QED) is 0.225. The van der Waals surface area contributed by atoms with Gasteiger partial charge in [0.05, 0.1) is 44.2 Å². The summed E-state index contributed by atoms with van der Waals surface area (Å²) in [6.45, 7) is 2.14. The lowest BCUT2D eigenvalue weighted by atomic mass is 9.83. The zero-order valence-electron chi connectivity index (χ0n) is 21.4. The molecular formula is C27H29FN4O6S. The number of hydrogen-bond acceptors (Lipinski definition) is 7. The molecule has 1 unspecified atom stereocenters. The second-order valence-corrected chi connectivity index (χ2v) is 12.1. The minimum atomic E-state index is -3.31. The number of nitro benzene ring substituents is 1. The van der Waals surface area contributed by atoms with Crippen LogP contribution in [-0.4, -0.2) is 50.3 Å². The summed E-state index contributed by atoms with van der Waals surface area (Å²) >= 11 is 0. The molecule has 2 bridgehead atoms. The van der Waals surface area contributed by atoms with Crippen molar-refractivity contribution in [3.05, 3.63) is 64.0 Å². The van der Waals surface area contributed by atoms with Gasteiger partial charge in [-0.2, -0.15) is 4.40 Å². The first-order valence-corrected chi connectivity index (χ1v) is 14.5. The molecule has 2 aromatic rings. The van der Waals surface area contributed by atoms with Gasteiger partial charge in [-0.05, 0) is 67.7 Å². The first-order chi connectivity index (χ1) is 18.6. The second kappa shape index (κ2) is 10.4. The molecule has 3 aliphatic rings. The second-order valence-electron chi connectivity index (χ2n) is 10.2. The van der Waals surface area contributed by atoms with Gasteiger partial charge in [0.1, 0.15) is 11.7 Å². The Morgan fingerprint density at radius 2 is 1.95 bits per heavy atom. The van der Waals surface area contributed by atoms with E-state index >= 15 is 0 Å². The molecule has 1 amide bonds. The van der Waals surface area contributed by atoms with Crippen molar-refractivity contribution in [3.63, 3.8) is 0 Å². The van der Waals surface area contributed by atoms with Gasteiger partial charge in [-0.3, -0.25) is 19.7 Å². The number of amides is 1. The number of ether oxygens (including phenoxy) is 1. The van der Waals surface area contributed by atoms with Crippen LogP contribution in [0.2, 0.25) is 0 Å². The predicted molar refractivity (Wildman–Crippen MR) is 144 cm³/mol. The van der Waals surface area contributed by atoms with E-state index in [4.69, 9.17) is 4.74 Å². The van der Waals surface area contributed by atoms with Crippen LogP contribution in [0.1, 0.15) is 38.2 Å². The Morgan fingerprint density at radius 3 is 2.64 bits per heavy atom. The van der Waals surface area contributed by atoms with E-state index in [1.165, 1.54) is 30.3 Å². The zero-order chi connectivity index (χ0) is 27.9. The molecule has 12 heteroatoms. The van der Waals surface area contributed by atoms with Crippen molar-refractivity contribution in [2.75, 3.05) is 11.9 Å². The van der Waals surface area contributed by atoms with Crippen LogP contribution in [0.3, 0.4) is 0 Å². The van der Waals surface area contributed by atoms with E-state index in [1.807, 2.05) is 0 Å². The summed E-state index contributed by atoms with van der Waals surface area (Å²) in [6.07, 6.45) is 2.34. The Bertz CT molecular complexity index is 1460. The number of non-ortho nitro benzene ring substituents is 1. The molecule has 5 atom stereocenters. The van der Waals surface area contributed by atoms with Gasteiger partial charge in [0.25, 0.3) is 5.69 Å². The average Bonchev–Trinajstić information content (AvgIpc) is 3.50. The molecule has 10 nitrogen and oxygen atoms in total. The maximum absolute atomic E-state index is 13.9. The lowest BCUT2D eigenvalue weighted by molar-refractivity contribution is -0.385. The Kier molecular flexibility index (Phi) is 7.15. The monoisotopic (exact) mass is 556 g/mol. The SMILES string of the molecule is C=S1(=O)N=C(CC(=O)N(Cc2ccc(F)cc2)[C@H]2[C@@H]3CC[C@@H](C3)[C@H]2C(=O)OCC)Nc2ccc([N+](=O)[O-])cc21. The molecule has 2 aliphatic carbocycles. The van der Waals surface area contributed by atoms with Gasteiger partial charge in [-0.15, -0.1) is 0 Å². The molecule has 1 N–H and O–H groups in total. The predicted octanol–water partition coefficient (Wildman–Crippen LogP) is 3.94. The number of halogens is 1. The average molecular weight is 557 g/mol.